The van der Waals surface area contributed by atoms with Gasteiger partial charge in [0.05, 0.1) is 0 Å². The summed E-state index contributed by atoms with van der Waals surface area (Å²) in [6, 6.07) is 16.6. The van der Waals surface area contributed by atoms with Crippen LogP contribution in [0.5, 0.6) is 5.75 Å². The molecule has 23 heavy (non-hydrogen) atoms. The molecule has 0 aromatic heterocycles. The molecule has 2 aromatic rings. The largest absolute Gasteiger partial charge is 0.489 e. The molecule has 0 aliphatic heterocycles. The van der Waals surface area contributed by atoms with E-state index in [2.05, 4.69) is 49.5 Å². The van der Waals surface area contributed by atoms with Crippen molar-refractivity contribution in [1.82, 2.24) is 5.32 Å². The second-order valence-corrected chi connectivity index (χ2v) is 5.76. The maximum absolute atomic E-state index is 6.00. The lowest BCUT2D eigenvalue weighted by Gasteiger charge is -2.18. The van der Waals surface area contributed by atoms with Gasteiger partial charge in [-0.3, -0.25) is 5.32 Å². The van der Waals surface area contributed by atoms with E-state index < -0.39 is 0 Å². The first-order chi connectivity index (χ1) is 11.2. The highest BCUT2D eigenvalue weighted by Crippen LogP contribution is 2.22. The number of hydrogen-bond acceptors (Lipinski definition) is 3. The lowest BCUT2D eigenvalue weighted by molar-refractivity contribution is 0.0745. The van der Waals surface area contributed by atoms with Gasteiger partial charge in [0.25, 0.3) is 0 Å². The van der Waals surface area contributed by atoms with Crippen LogP contribution >= 0.6 is 0 Å². The summed E-state index contributed by atoms with van der Waals surface area (Å²) in [5.41, 5.74) is 3.55. The van der Waals surface area contributed by atoms with Gasteiger partial charge in [0.15, 0.2) is 0 Å². The molecule has 0 bridgehead atoms. The zero-order chi connectivity index (χ0) is 16.5. The monoisotopic (exact) mass is 313 g/mol. The standard InChI is InChI=1S/C20H27NO2/c1-4-12-21-20(22-3)14-18-11-10-16(2)19(13-18)23-15-17-8-6-5-7-9-17/h5-11,13,20-21H,4,12,14-15H2,1-3H3. The molecule has 0 fully saturated rings. The van der Waals surface area contributed by atoms with Crippen LogP contribution in [-0.2, 0) is 17.8 Å². The molecule has 0 aliphatic carbocycles. The van der Waals surface area contributed by atoms with E-state index in [0.29, 0.717) is 6.61 Å². The smallest absolute Gasteiger partial charge is 0.122 e. The van der Waals surface area contributed by atoms with Crippen molar-refractivity contribution >= 4 is 0 Å². The molecular weight excluding hydrogens is 286 g/mol. The van der Waals surface area contributed by atoms with Crippen molar-refractivity contribution in [3.63, 3.8) is 0 Å². The van der Waals surface area contributed by atoms with E-state index in [1.165, 1.54) is 11.1 Å². The van der Waals surface area contributed by atoms with Crippen molar-refractivity contribution in [2.24, 2.45) is 0 Å². The molecule has 0 saturated carbocycles. The molecule has 2 aromatic carbocycles. The Balaban J connectivity index is 2.00. The first kappa shape index (κ1) is 17.5. The third-order valence-corrected chi connectivity index (χ3v) is 3.82. The molecule has 0 saturated heterocycles. The number of aryl methyl sites for hydroxylation is 1. The summed E-state index contributed by atoms with van der Waals surface area (Å²) >= 11 is 0. The summed E-state index contributed by atoms with van der Waals surface area (Å²) in [4.78, 5) is 0. The Morgan fingerprint density at radius 1 is 1.04 bits per heavy atom. The molecule has 0 spiro atoms. The van der Waals surface area contributed by atoms with E-state index in [0.717, 1.165) is 30.7 Å². The summed E-state index contributed by atoms with van der Waals surface area (Å²) in [7, 11) is 1.74. The van der Waals surface area contributed by atoms with Gasteiger partial charge in [-0.2, -0.15) is 0 Å². The van der Waals surface area contributed by atoms with Gasteiger partial charge in [-0.25, -0.2) is 0 Å². The van der Waals surface area contributed by atoms with Crippen LogP contribution in [0.2, 0.25) is 0 Å². The van der Waals surface area contributed by atoms with E-state index >= 15 is 0 Å². The fraction of sp³-hybridized carbons (Fsp3) is 0.400. The van der Waals surface area contributed by atoms with Gasteiger partial charge >= 0.3 is 0 Å². The molecule has 1 unspecified atom stereocenters. The summed E-state index contributed by atoms with van der Waals surface area (Å²) in [5.74, 6) is 0.941. The average molecular weight is 313 g/mol. The Bertz CT molecular complexity index is 583. The first-order valence-corrected chi connectivity index (χ1v) is 8.25. The third kappa shape index (κ3) is 5.70. The number of ether oxygens (including phenoxy) is 2. The number of hydrogen-bond donors (Lipinski definition) is 1. The van der Waals surface area contributed by atoms with E-state index in [1.54, 1.807) is 7.11 Å². The molecule has 1 N–H and O–H groups in total. The fourth-order valence-corrected chi connectivity index (χ4v) is 2.42. The molecule has 0 amide bonds. The number of methoxy groups -OCH3 is 1. The lowest BCUT2D eigenvalue weighted by atomic mass is 10.1. The van der Waals surface area contributed by atoms with E-state index in [-0.39, 0.29) is 6.23 Å². The molecule has 3 nitrogen and oxygen atoms in total. The van der Waals surface area contributed by atoms with Crippen molar-refractivity contribution in [2.45, 2.75) is 39.5 Å². The highest BCUT2D eigenvalue weighted by atomic mass is 16.5. The Hall–Kier alpha value is -1.84. The molecule has 0 aliphatic rings. The van der Waals surface area contributed by atoms with Crippen molar-refractivity contribution < 1.29 is 9.47 Å². The van der Waals surface area contributed by atoms with Gasteiger partial charge in [0, 0.05) is 13.5 Å². The Kier molecular flexibility index (Phi) is 7.11. The predicted molar refractivity (Wildman–Crippen MR) is 94.7 cm³/mol. The minimum Gasteiger partial charge on any atom is -0.489 e. The SMILES string of the molecule is CCCNC(Cc1ccc(C)c(OCc2ccccc2)c1)OC. The van der Waals surface area contributed by atoms with Gasteiger partial charge in [-0.15, -0.1) is 0 Å². The number of benzene rings is 2. The second-order valence-electron chi connectivity index (χ2n) is 5.76. The highest BCUT2D eigenvalue weighted by molar-refractivity contribution is 5.37. The molecule has 2 rings (SSSR count). The maximum atomic E-state index is 6.00. The maximum Gasteiger partial charge on any atom is 0.122 e. The van der Waals surface area contributed by atoms with Crippen molar-refractivity contribution in [2.75, 3.05) is 13.7 Å². The van der Waals surface area contributed by atoms with Gasteiger partial charge in [0.1, 0.15) is 18.6 Å². The molecule has 3 heteroatoms. The number of nitrogens with one attached hydrogen (secondary N) is 1. The molecular formula is C20H27NO2. The predicted octanol–water partition coefficient (Wildman–Crippen LogP) is 4.09. The van der Waals surface area contributed by atoms with Crippen LogP contribution in [0.3, 0.4) is 0 Å². The van der Waals surface area contributed by atoms with Crippen LogP contribution < -0.4 is 10.1 Å². The van der Waals surface area contributed by atoms with Crippen LogP contribution in [0.1, 0.15) is 30.0 Å². The summed E-state index contributed by atoms with van der Waals surface area (Å²) < 4.78 is 11.5. The third-order valence-electron chi connectivity index (χ3n) is 3.82. The normalized spacial score (nSPS) is 12.1. The van der Waals surface area contributed by atoms with Crippen molar-refractivity contribution in [3.05, 3.63) is 65.2 Å². The van der Waals surface area contributed by atoms with E-state index in [4.69, 9.17) is 9.47 Å². The summed E-state index contributed by atoms with van der Waals surface area (Å²) in [5, 5.41) is 3.40. The summed E-state index contributed by atoms with van der Waals surface area (Å²) in [6.07, 6.45) is 1.97. The average Bonchev–Trinajstić information content (AvgIpc) is 2.59. The summed E-state index contributed by atoms with van der Waals surface area (Å²) in [6.45, 7) is 5.78. The fourth-order valence-electron chi connectivity index (χ4n) is 2.42. The zero-order valence-corrected chi connectivity index (χ0v) is 14.3. The van der Waals surface area contributed by atoms with Crippen LogP contribution in [0.4, 0.5) is 0 Å². The van der Waals surface area contributed by atoms with E-state index in [9.17, 15) is 0 Å². The van der Waals surface area contributed by atoms with Gasteiger partial charge in [-0.05, 0) is 42.6 Å². The van der Waals surface area contributed by atoms with Gasteiger partial charge in [0.2, 0.25) is 0 Å². The van der Waals surface area contributed by atoms with Gasteiger partial charge < -0.3 is 9.47 Å². The lowest BCUT2D eigenvalue weighted by Crippen LogP contribution is -2.33. The van der Waals surface area contributed by atoms with Crippen LogP contribution in [0, 0.1) is 6.92 Å². The highest BCUT2D eigenvalue weighted by Gasteiger charge is 2.09. The second kappa shape index (κ2) is 9.33. The Morgan fingerprint density at radius 2 is 1.83 bits per heavy atom. The van der Waals surface area contributed by atoms with E-state index in [1.807, 2.05) is 18.2 Å². The molecule has 0 heterocycles. The number of rotatable bonds is 9. The van der Waals surface area contributed by atoms with Crippen LogP contribution in [0.15, 0.2) is 48.5 Å². The minimum atomic E-state index is 0.0413. The molecule has 124 valence electrons. The van der Waals surface area contributed by atoms with Crippen LogP contribution in [0.25, 0.3) is 0 Å². The Labute approximate surface area is 139 Å². The topological polar surface area (TPSA) is 30.5 Å². The minimum absolute atomic E-state index is 0.0413. The van der Waals surface area contributed by atoms with Crippen molar-refractivity contribution in [3.8, 4) is 5.75 Å². The van der Waals surface area contributed by atoms with Crippen LogP contribution in [-0.4, -0.2) is 19.9 Å². The Morgan fingerprint density at radius 3 is 2.52 bits per heavy atom. The van der Waals surface area contributed by atoms with Gasteiger partial charge in [-0.1, -0.05) is 49.4 Å². The molecule has 1 atom stereocenters. The zero-order valence-electron chi connectivity index (χ0n) is 14.3. The quantitative estimate of drug-likeness (QED) is 0.707. The van der Waals surface area contributed by atoms with Crippen molar-refractivity contribution in [1.29, 1.82) is 0 Å². The molecule has 0 radical (unpaired) electrons. The first-order valence-electron chi connectivity index (χ1n) is 8.25.